The molecule has 0 atom stereocenters. The third-order valence-corrected chi connectivity index (χ3v) is 4.53. The Morgan fingerprint density at radius 1 is 1.36 bits per heavy atom. The van der Waals surface area contributed by atoms with Crippen LogP contribution in [0.5, 0.6) is 0 Å². The molecule has 1 aromatic carbocycles. The second-order valence-electron chi connectivity index (χ2n) is 4.27. The van der Waals surface area contributed by atoms with Gasteiger partial charge in [0.15, 0.2) is 15.9 Å². The predicted octanol–water partition coefficient (Wildman–Crippen LogP) is 3.49. The summed E-state index contributed by atoms with van der Waals surface area (Å²) in [7, 11) is 0. The number of rotatable bonds is 5. The van der Waals surface area contributed by atoms with E-state index in [9.17, 15) is 4.79 Å². The van der Waals surface area contributed by atoms with Crippen molar-refractivity contribution >= 4 is 34.7 Å². The minimum absolute atomic E-state index is 0.282. The fraction of sp³-hybridized carbons (Fsp3) is 0.143. The number of aryl methyl sites for hydroxylation is 1. The first-order valence-electron chi connectivity index (χ1n) is 6.54. The lowest BCUT2D eigenvalue weighted by atomic mass is 10.3. The van der Waals surface area contributed by atoms with Gasteiger partial charge in [0.05, 0.1) is 0 Å². The lowest BCUT2D eigenvalue weighted by molar-refractivity contribution is 0.102. The molecule has 6 nitrogen and oxygen atoms in total. The average Bonchev–Trinajstić information content (AvgIpc) is 3.20. The Morgan fingerprint density at radius 3 is 2.82 bits per heavy atom. The van der Waals surface area contributed by atoms with Gasteiger partial charge in [0.1, 0.15) is 11.8 Å². The van der Waals surface area contributed by atoms with Gasteiger partial charge in [-0.25, -0.2) is 4.98 Å². The molecule has 1 amide bonds. The van der Waals surface area contributed by atoms with E-state index in [4.69, 9.17) is 4.42 Å². The van der Waals surface area contributed by atoms with E-state index in [2.05, 4.69) is 20.5 Å². The van der Waals surface area contributed by atoms with Crippen LogP contribution >= 0.6 is 23.1 Å². The van der Waals surface area contributed by atoms with Crippen LogP contribution in [0.1, 0.15) is 23.3 Å². The Labute approximate surface area is 135 Å². The Bertz CT molecular complexity index is 754. The number of amides is 1. The van der Waals surface area contributed by atoms with Gasteiger partial charge < -0.3 is 9.73 Å². The van der Waals surface area contributed by atoms with Gasteiger partial charge in [-0.1, -0.05) is 30.0 Å². The molecular formula is C14H12N4O2S2. The van der Waals surface area contributed by atoms with Crippen LogP contribution < -0.4 is 5.32 Å². The van der Waals surface area contributed by atoms with Crippen molar-refractivity contribution in [2.24, 2.45) is 0 Å². The summed E-state index contributed by atoms with van der Waals surface area (Å²) >= 11 is 3.02. The molecule has 2 aromatic heterocycles. The van der Waals surface area contributed by atoms with E-state index >= 15 is 0 Å². The Balaban J connectivity index is 1.64. The lowest BCUT2D eigenvalue weighted by Crippen LogP contribution is -2.12. The first-order valence-corrected chi connectivity index (χ1v) is 8.24. The van der Waals surface area contributed by atoms with E-state index < -0.39 is 0 Å². The summed E-state index contributed by atoms with van der Waals surface area (Å²) in [5, 5.41) is 10.6. The molecule has 0 spiro atoms. The third kappa shape index (κ3) is 3.52. The number of oxazole rings is 1. The molecule has 0 aliphatic heterocycles. The number of hydrogen-bond donors (Lipinski definition) is 1. The number of benzene rings is 1. The molecule has 112 valence electrons. The van der Waals surface area contributed by atoms with Gasteiger partial charge in [-0.3, -0.25) is 4.79 Å². The van der Waals surface area contributed by atoms with Crippen molar-refractivity contribution in [3.63, 3.8) is 0 Å². The SMILES string of the molecule is CCc1nc(C(=O)Nc2ccc(Sc3nncs3)cc2)co1. The predicted molar refractivity (Wildman–Crippen MR) is 84.3 cm³/mol. The smallest absolute Gasteiger partial charge is 0.277 e. The molecule has 2 heterocycles. The van der Waals surface area contributed by atoms with Crippen molar-refractivity contribution in [3.8, 4) is 0 Å². The zero-order valence-corrected chi connectivity index (χ0v) is 13.3. The molecule has 22 heavy (non-hydrogen) atoms. The van der Waals surface area contributed by atoms with Crippen molar-refractivity contribution in [1.82, 2.24) is 15.2 Å². The molecule has 0 saturated carbocycles. The lowest BCUT2D eigenvalue weighted by Gasteiger charge is -2.03. The fourth-order valence-corrected chi connectivity index (χ4v) is 3.14. The standard InChI is InChI=1S/C14H12N4O2S2/c1-2-12-17-11(7-20-12)13(19)16-9-3-5-10(6-4-9)22-14-18-15-8-21-14/h3-8H,2H2,1H3,(H,16,19). The Morgan fingerprint density at radius 2 is 2.18 bits per heavy atom. The summed E-state index contributed by atoms with van der Waals surface area (Å²) in [5.41, 5.74) is 2.68. The number of aromatic nitrogens is 3. The van der Waals surface area contributed by atoms with Crippen molar-refractivity contribution in [2.45, 2.75) is 22.6 Å². The molecule has 0 aliphatic carbocycles. The van der Waals surface area contributed by atoms with E-state index in [0.29, 0.717) is 18.0 Å². The van der Waals surface area contributed by atoms with Gasteiger partial charge in [-0.2, -0.15) is 0 Å². The number of anilines is 1. The highest BCUT2D eigenvalue weighted by atomic mass is 32.2. The second-order valence-corrected chi connectivity index (χ2v) is 6.42. The average molecular weight is 332 g/mol. The summed E-state index contributed by atoms with van der Waals surface area (Å²) in [5.74, 6) is 0.266. The fourth-order valence-electron chi connectivity index (χ4n) is 1.69. The van der Waals surface area contributed by atoms with Gasteiger partial charge >= 0.3 is 0 Å². The summed E-state index contributed by atoms with van der Waals surface area (Å²) in [6.07, 6.45) is 2.03. The van der Waals surface area contributed by atoms with Crippen LogP contribution in [0.15, 0.2) is 49.7 Å². The van der Waals surface area contributed by atoms with Crippen LogP contribution in [0.25, 0.3) is 0 Å². The normalized spacial score (nSPS) is 10.6. The van der Waals surface area contributed by atoms with Crippen LogP contribution in [-0.2, 0) is 6.42 Å². The second kappa shape index (κ2) is 6.71. The molecule has 3 rings (SSSR count). The van der Waals surface area contributed by atoms with E-state index in [1.165, 1.54) is 29.4 Å². The quantitative estimate of drug-likeness (QED) is 0.770. The number of nitrogens with zero attached hydrogens (tertiary/aromatic N) is 3. The third-order valence-electron chi connectivity index (χ3n) is 2.74. The van der Waals surface area contributed by atoms with Gasteiger partial charge in [0.2, 0.25) is 0 Å². The monoisotopic (exact) mass is 332 g/mol. The van der Waals surface area contributed by atoms with Crippen LogP contribution in [0.3, 0.4) is 0 Å². The van der Waals surface area contributed by atoms with Gasteiger partial charge in [-0.15, -0.1) is 10.2 Å². The van der Waals surface area contributed by atoms with Crippen LogP contribution in [-0.4, -0.2) is 21.1 Å². The van der Waals surface area contributed by atoms with E-state index in [1.807, 2.05) is 31.2 Å². The van der Waals surface area contributed by atoms with Crippen molar-refractivity contribution in [1.29, 1.82) is 0 Å². The van der Waals surface area contributed by atoms with Crippen molar-refractivity contribution < 1.29 is 9.21 Å². The van der Waals surface area contributed by atoms with Crippen LogP contribution in [0.2, 0.25) is 0 Å². The zero-order valence-electron chi connectivity index (χ0n) is 11.6. The minimum atomic E-state index is -0.284. The molecule has 0 bridgehead atoms. The van der Waals surface area contributed by atoms with E-state index in [0.717, 1.165) is 9.24 Å². The maximum atomic E-state index is 12.0. The molecule has 8 heteroatoms. The molecule has 0 radical (unpaired) electrons. The molecule has 1 N–H and O–H groups in total. The maximum absolute atomic E-state index is 12.0. The largest absolute Gasteiger partial charge is 0.448 e. The molecule has 0 fully saturated rings. The van der Waals surface area contributed by atoms with Gasteiger partial charge in [-0.05, 0) is 24.3 Å². The maximum Gasteiger partial charge on any atom is 0.277 e. The van der Waals surface area contributed by atoms with Gasteiger partial charge in [0, 0.05) is 17.0 Å². The first kappa shape index (κ1) is 14.7. The Kier molecular flexibility index (Phi) is 4.50. The minimum Gasteiger partial charge on any atom is -0.448 e. The summed E-state index contributed by atoms with van der Waals surface area (Å²) in [6, 6.07) is 7.51. The number of hydrogen-bond acceptors (Lipinski definition) is 7. The molecule has 3 aromatic rings. The topological polar surface area (TPSA) is 80.9 Å². The van der Waals surface area contributed by atoms with Crippen molar-refractivity contribution in [3.05, 3.63) is 47.6 Å². The summed E-state index contributed by atoms with van der Waals surface area (Å²) in [6.45, 7) is 1.92. The number of nitrogens with one attached hydrogen (secondary N) is 1. The number of carbonyl (C=O) groups excluding carboxylic acids is 1. The first-order chi connectivity index (χ1) is 10.7. The van der Waals surface area contributed by atoms with E-state index in [-0.39, 0.29) is 11.6 Å². The molecule has 0 saturated heterocycles. The van der Waals surface area contributed by atoms with E-state index in [1.54, 1.807) is 5.51 Å². The van der Waals surface area contributed by atoms with Crippen LogP contribution in [0.4, 0.5) is 5.69 Å². The van der Waals surface area contributed by atoms with Crippen LogP contribution in [0, 0.1) is 0 Å². The number of carbonyl (C=O) groups is 1. The summed E-state index contributed by atoms with van der Waals surface area (Å²) in [4.78, 5) is 17.2. The summed E-state index contributed by atoms with van der Waals surface area (Å²) < 4.78 is 6.04. The zero-order chi connectivity index (χ0) is 15.4. The highest BCUT2D eigenvalue weighted by Crippen LogP contribution is 2.29. The van der Waals surface area contributed by atoms with Crippen molar-refractivity contribution in [2.75, 3.05) is 5.32 Å². The molecule has 0 unspecified atom stereocenters. The highest BCUT2D eigenvalue weighted by Gasteiger charge is 2.11. The highest BCUT2D eigenvalue weighted by molar-refractivity contribution is 8.01. The van der Waals surface area contributed by atoms with Gasteiger partial charge in [0.25, 0.3) is 5.91 Å². The molecule has 0 aliphatic rings. The molecular weight excluding hydrogens is 320 g/mol. The Hall–Kier alpha value is -2.19.